The Morgan fingerprint density at radius 2 is 1.37 bits per heavy atom. The lowest BCUT2D eigenvalue weighted by molar-refractivity contribution is 0.0420. The van der Waals surface area contributed by atoms with Crippen molar-refractivity contribution in [1.82, 2.24) is 5.32 Å². The van der Waals surface area contributed by atoms with Crippen molar-refractivity contribution in [1.29, 1.82) is 0 Å². The molecule has 0 bridgehead atoms. The first-order valence-corrected chi connectivity index (χ1v) is 21.4. The van der Waals surface area contributed by atoms with Crippen LogP contribution in [0.2, 0.25) is 36.3 Å². The van der Waals surface area contributed by atoms with Crippen molar-refractivity contribution < 1.29 is 18.4 Å². The van der Waals surface area contributed by atoms with Crippen molar-refractivity contribution in [3.05, 3.63) is 22.6 Å². The summed E-state index contributed by atoms with van der Waals surface area (Å²) in [4.78, 5) is 15.8. The molecule has 0 saturated heterocycles. The highest BCUT2D eigenvalue weighted by molar-refractivity contribution is 6.74. The molecule has 2 atom stereocenters. The number of unbranched alkanes of at least 4 members (excludes halogenated alkanes) is 7. The van der Waals surface area contributed by atoms with Gasteiger partial charge in [0.15, 0.2) is 16.6 Å². The lowest BCUT2D eigenvalue weighted by Gasteiger charge is -2.42. The molecule has 1 N–H and O–H groups in total. The maximum atomic E-state index is 13.0. The Balaban J connectivity index is 5.60. The van der Waals surface area contributed by atoms with Crippen LogP contribution in [-0.2, 0) is 13.6 Å². The van der Waals surface area contributed by atoms with E-state index in [9.17, 15) is 4.79 Å². The zero-order valence-electron chi connectivity index (χ0n) is 28.9. The van der Waals surface area contributed by atoms with Crippen LogP contribution in [0.25, 0.3) is 10.4 Å². The maximum Gasteiger partial charge on any atom is 0.408 e. The summed E-state index contributed by atoms with van der Waals surface area (Å²) < 4.78 is 19.2. The fraction of sp³-hybridized carbons (Fsp3) is 0.903. The van der Waals surface area contributed by atoms with Crippen LogP contribution in [-0.4, -0.2) is 53.6 Å². The molecule has 0 rings (SSSR count). The number of azide groups is 1. The average molecular weight is 613 g/mol. The van der Waals surface area contributed by atoms with Gasteiger partial charge in [0.25, 0.3) is 0 Å². The first-order chi connectivity index (χ1) is 18.6. The molecule has 0 radical (unpaired) electrons. The van der Waals surface area contributed by atoms with E-state index in [0.29, 0.717) is 13.2 Å². The molecule has 0 aromatic rings. The number of hydrogen-bond acceptors (Lipinski definition) is 5. The van der Waals surface area contributed by atoms with Crippen molar-refractivity contribution in [3.63, 3.8) is 0 Å². The predicted molar refractivity (Wildman–Crippen MR) is 178 cm³/mol. The van der Waals surface area contributed by atoms with Crippen LogP contribution >= 0.6 is 0 Å². The molecule has 0 aromatic carbocycles. The van der Waals surface area contributed by atoms with Crippen LogP contribution in [0.5, 0.6) is 0 Å². The van der Waals surface area contributed by atoms with Crippen molar-refractivity contribution in [2.45, 2.75) is 168 Å². The van der Waals surface area contributed by atoms with Gasteiger partial charge in [0.1, 0.15) is 5.60 Å². The molecule has 0 aliphatic rings. The summed E-state index contributed by atoms with van der Waals surface area (Å²) in [7, 11) is -4.21. The zero-order chi connectivity index (χ0) is 32.0. The van der Waals surface area contributed by atoms with E-state index in [0.717, 1.165) is 25.7 Å². The van der Waals surface area contributed by atoms with E-state index in [-0.39, 0.29) is 22.2 Å². The van der Waals surface area contributed by atoms with E-state index in [2.05, 4.69) is 95.2 Å². The first-order valence-electron chi connectivity index (χ1n) is 15.6. The number of hydrogen-bond donors (Lipinski definition) is 1. The fourth-order valence-corrected chi connectivity index (χ4v) is 5.87. The second-order valence-corrected chi connectivity index (χ2v) is 24.9. The normalized spacial score (nSPS) is 15.0. The van der Waals surface area contributed by atoms with E-state index in [4.69, 9.17) is 19.1 Å². The molecule has 41 heavy (non-hydrogen) atoms. The summed E-state index contributed by atoms with van der Waals surface area (Å²) in [6.07, 6.45) is 12.6. The van der Waals surface area contributed by atoms with Crippen LogP contribution < -0.4 is 5.32 Å². The Hall–Kier alpha value is -1.33. The molecule has 0 fully saturated rings. The van der Waals surface area contributed by atoms with Gasteiger partial charge in [-0.25, -0.2) is 4.79 Å². The Bertz CT molecular complexity index is 837. The van der Waals surface area contributed by atoms with Gasteiger partial charge in [0, 0.05) is 11.5 Å². The smallest absolute Gasteiger partial charge is 0.408 e. The van der Waals surface area contributed by atoms with E-state index in [1.165, 1.54) is 25.7 Å². The molecule has 0 spiro atoms. The molecule has 240 valence electrons. The SMILES string of the molecule is CC(C)(C)OC(=O)N[C@@H](CO[Si](C)(C)C(C)(C)C)[C@@H](/C=C/CCCCCCCCCN=[N+]=[N-])O[Si](C)(C)C(C)(C)C. The molecule has 0 aliphatic carbocycles. The summed E-state index contributed by atoms with van der Waals surface area (Å²) in [5, 5.41) is 6.80. The molecule has 0 saturated carbocycles. The number of nitrogens with one attached hydrogen (secondary N) is 1. The molecule has 8 nitrogen and oxygen atoms in total. The van der Waals surface area contributed by atoms with Crippen LogP contribution in [0.4, 0.5) is 4.79 Å². The van der Waals surface area contributed by atoms with Gasteiger partial charge in [-0.1, -0.05) is 90.9 Å². The monoisotopic (exact) mass is 612 g/mol. The second kappa shape index (κ2) is 17.7. The van der Waals surface area contributed by atoms with E-state index in [1.807, 2.05) is 20.8 Å². The molecule has 0 unspecified atom stereocenters. The van der Waals surface area contributed by atoms with Crippen LogP contribution in [0.15, 0.2) is 17.3 Å². The number of carbonyl (C=O) groups is 1. The van der Waals surface area contributed by atoms with Crippen molar-refractivity contribution in [2.24, 2.45) is 5.11 Å². The third-order valence-corrected chi connectivity index (χ3v) is 17.3. The molecular weight excluding hydrogens is 549 g/mol. The Morgan fingerprint density at radius 3 is 1.85 bits per heavy atom. The lowest BCUT2D eigenvalue weighted by Crippen LogP contribution is -2.55. The Morgan fingerprint density at radius 1 is 0.854 bits per heavy atom. The second-order valence-electron chi connectivity index (χ2n) is 15.3. The van der Waals surface area contributed by atoms with Gasteiger partial charge in [-0.2, -0.15) is 0 Å². The van der Waals surface area contributed by atoms with Gasteiger partial charge < -0.3 is 18.9 Å². The van der Waals surface area contributed by atoms with Crippen molar-refractivity contribution in [2.75, 3.05) is 13.2 Å². The number of carbonyl (C=O) groups excluding carboxylic acids is 1. The summed E-state index contributed by atoms with van der Waals surface area (Å²) in [5.74, 6) is 0. The lowest BCUT2D eigenvalue weighted by atomic mass is 10.1. The number of amides is 1. The number of ether oxygens (including phenoxy) is 1. The molecule has 0 aliphatic heterocycles. The minimum Gasteiger partial charge on any atom is -0.444 e. The predicted octanol–water partition coefficient (Wildman–Crippen LogP) is 10.3. The highest BCUT2D eigenvalue weighted by atomic mass is 28.4. The zero-order valence-corrected chi connectivity index (χ0v) is 30.9. The van der Waals surface area contributed by atoms with Crippen LogP contribution in [0.1, 0.15) is 114 Å². The van der Waals surface area contributed by atoms with Crippen LogP contribution in [0.3, 0.4) is 0 Å². The van der Waals surface area contributed by atoms with Gasteiger partial charge in [0.2, 0.25) is 0 Å². The highest BCUT2D eigenvalue weighted by Crippen LogP contribution is 2.39. The van der Waals surface area contributed by atoms with Gasteiger partial charge in [0.05, 0.1) is 18.8 Å². The molecule has 0 heterocycles. The number of alkyl carbamates (subject to hydrolysis) is 1. The number of allylic oxidation sites excluding steroid dienone is 1. The van der Waals surface area contributed by atoms with Gasteiger partial charge >= 0.3 is 6.09 Å². The summed E-state index contributed by atoms with van der Waals surface area (Å²) >= 11 is 0. The van der Waals surface area contributed by atoms with E-state index in [1.54, 1.807) is 0 Å². The minimum atomic E-state index is -2.16. The quantitative estimate of drug-likeness (QED) is 0.0415. The van der Waals surface area contributed by atoms with Gasteiger partial charge in [-0.15, -0.1) is 0 Å². The molecule has 1 amide bonds. The van der Waals surface area contributed by atoms with Gasteiger partial charge in [-0.05, 0) is 81.8 Å². The third kappa shape index (κ3) is 17.4. The summed E-state index contributed by atoms with van der Waals surface area (Å²) in [6.45, 7) is 28.9. The van der Waals surface area contributed by atoms with Crippen molar-refractivity contribution in [3.8, 4) is 0 Å². The van der Waals surface area contributed by atoms with Crippen LogP contribution in [0, 0.1) is 0 Å². The molecule has 10 heteroatoms. The third-order valence-electron chi connectivity index (χ3n) is 8.28. The van der Waals surface area contributed by atoms with Gasteiger partial charge in [-0.3, -0.25) is 0 Å². The average Bonchev–Trinajstić information content (AvgIpc) is 2.79. The van der Waals surface area contributed by atoms with E-state index < -0.39 is 28.3 Å². The Labute approximate surface area is 254 Å². The van der Waals surface area contributed by atoms with E-state index >= 15 is 0 Å². The first kappa shape index (κ1) is 39.7. The summed E-state index contributed by atoms with van der Waals surface area (Å²) in [6, 6.07) is -0.366. The largest absolute Gasteiger partial charge is 0.444 e. The standard InChI is InChI=1S/C31H64N4O4Si2/c1-29(2,3)38-28(36)34-26(25-37-40(10,11)30(4,5)6)27(39-41(12,13)31(7,8)9)23-21-19-17-15-14-16-18-20-22-24-33-35-32/h21,23,26-27H,14-20,22,24-25H2,1-13H3,(H,34,36)/b23-21+/t26-,27+/m0/s1. The minimum absolute atomic E-state index is 0.0246. The number of nitrogens with zero attached hydrogens (tertiary/aromatic N) is 3. The topological polar surface area (TPSA) is 106 Å². The fourth-order valence-electron chi connectivity index (χ4n) is 3.57. The van der Waals surface area contributed by atoms with Crippen molar-refractivity contribution >= 4 is 22.7 Å². The highest BCUT2D eigenvalue weighted by Gasteiger charge is 2.42. The molecular formula is C31H64N4O4Si2. The summed E-state index contributed by atoms with van der Waals surface area (Å²) in [5.41, 5.74) is 7.76. The Kier molecular flexibility index (Phi) is 17.1. The maximum absolute atomic E-state index is 13.0. The molecule has 0 aromatic heterocycles. The number of rotatable bonds is 18.